The molecule has 2 aromatic rings. The van der Waals surface area contributed by atoms with Gasteiger partial charge in [-0.1, -0.05) is 28.1 Å². The molecule has 1 aromatic heterocycles. The van der Waals surface area contributed by atoms with Crippen LogP contribution in [0.5, 0.6) is 0 Å². The van der Waals surface area contributed by atoms with E-state index < -0.39 is 0 Å². The first kappa shape index (κ1) is 10.6. The zero-order chi connectivity index (χ0) is 10.8. The van der Waals surface area contributed by atoms with Gasteiger partial charge in [0.25, 0.3) is 0 Å². The Morgan fingerprint density at radius 3 is 2.80 bits per heavy atom. The van der Waals surface area contributed by atoms with E-state index in [9.17, 15) is 0 Å². The SMILES string of the molecule is Cc1nnc(Cl)n1Cc1cccc(Br)c1. The highest BCUT2D eigenvalue weighted by Gasteiger charge is 2.06. The Balaban J connectivity index is 2.29. The minimum atomic E-state index is 0.424. The highest BCUT2D eigenvalue weighted by molar-refractivity contribution is 9.10. The molecule has 78 valence electrons. The molecule has 0 aliphatic heterocycles. The lowest BCUT2D eigenvalue weighted by Gasteiger charge is -2.05. The molecule has 0 saturated carbocycles. The summed E-state index contributed by atoms with van der Waals surface area (Å²) in [4.78, 5) is 0. The number of aromatic nitrogens is 3. The second-order valence-corrected chi connectivity index (χ2v) is 4.49. The lowest BCUT2D eigenvalue weighted by atomic mass is 10.2. The molecular formula is C10H9BrClN3. The Hall–Kier alpha value is -0.870. The fourth-order valence-corrected chi connectivity index (χ4v) is 2.02. The van der Waals surface area contributed by atoms with Crippen molar-refractivity contribution in [2.45, 2.75) is 13.5 Å². The smallest absolute Gasteiger partial charge is 0.225 e. The molecule has 0 amide bonds. The van der Waals surface area contributed by atoms with Crippen LogP contribution in [0, 0.1) is 6.92 Å². The Morgan fingerprint density at radius 2 is 2.20 bits per heavy atom. The summed E-state index contributed by atoms with van der Waals surface area (Å²) in [7, 11) is 0. The molecule has 0 saturated heterocycles. The fraction of sp³-hybridized carbons (Fsp3) is 0.200. The van der Waals surface area contributed by atoms with E-state index in [1.165, 1.54) is 0 Å². The van der Waals surface area contributed by atoms with E-state index in [4.69, 9.17) is 11.6 Å². The van der Waals surface area contributed by atoms with Gasteiger partial charge in [0.2, 0.25) is 5.28 Å². The Kier molecular flexibility index (Phi) is 3.07. The summed E-state index contributed by atoms with van der Waals surface area (Å²) in [6, 6.07) is 8.08. The standard InChI is InChI=1S/C10H9BrClN3/c1-7-13-14-10(12)15(7)6-8-3-2-4-9(11)5-8/h2-5H,6H2,1H3. The monoisotopic (exact) mass is 285 g/mol. The van der Waals surface area contributed by atoms with E-state index in [0.717, 1.165) is 15.9 Å². The first-order valence-electron chi connectivity index (χ1n) is 4.46. The number of rotatable bonds is 2. The molecule has 2 rings (SSSR count). The summed E-state index contributed by atoms with van der Waals surface area (Å²) in [5, 5.41) is 8.13. The van der Waals surface area contributed by atoms with Crippen molar-refractivity contribution >= 4 is 27.5 Å². The Bertz CT molecular complexity index is 462. The topological polar surface area (TPSA) is 30.7 Å². The number of nitrogens with zero attached hydrogens (tertiary/aromatic N) is 3. The first-order valence-corrected chi connectivity index (χ1v) is 5.63. The zero-order valence-electron chi connectivity index (χ0n) is 8.11. The molecule has 0 spiro atoms. The molecule has 0 N–H and O–H groups in total. The van der Waals surface area contributed by atoms with Crippen molar-refractivity contribution < 1.29 is 0 Å². The maximum Gasteiger partial charge on any atom is 0.225 e. The van der Waals surface area contributed by atoms with Crippen LogP contribution in [-0.2, 0) is 6.54 Å². The molecule has 0 unspecified atom stereocenters. The lowest BCUT2D eigenvalue weighted by molar-refractivity contribution is 0.761. The predicted octanol–water partition coefficient (Wildman–Crippen LogP) is 3.05. The van der Waals surface area contributed by atoms with Gasteiger partial charge in [0.05, 0.1) is 6.54 Å². The van der Waals surface area contributed by atoms with Gasteiger partial charge in [0, 0.05) is 4.47 Å². The van der Waals surface area contributed by atoms with Crippen LogP contribution in [0.25, 0.3) is 0 Å². The fourth-order valence-electron chi connectivity index (χ4n) is 1.35. The van der Waals surface area contributed by atoms with Crippen LogP contribution in [0.4, 0.5) is 0 Å². The number of hydrogen-bond donors (Lipinski definition) is 0. The molecule has 0 fully saturated rings. The largest absolute Gasteiger partial charge is 0.298 e. The quantitative estimate of drug-likeness (QED) is 0.849. The molecule has 1 heterocycles. The van der Waals surface area contributed by atoms with Gasteiger partial charge in [-0.25, -0.2) is 0 Å². The number of benzene rings is 1. The molecule has 0 bridgehead atoms. The van der Waals surface area contributed by atoms with E-state index in [0.29, 0.717) is 11.8 Å². The molecule has 5 heteroatoms. The van der Waals surface area contributed by atoms with Crippen LogP contribution in [0.1, 0.15) is 11.4 Å². The van der Waals surface area contributed by atoms with Crippen LogP contribution in [0.3, 0.4) is 0 Å². The van der Waals surface area contributed by atoms with Gasteiger partial charge >= 0.3 is 0 Å². The molecule has 0 atom stereocenters. The summed E-state index contributed by atoms with van der Waals surface area (Å²) in [5.74, 6) is 0.819. The van der Waals surface area contributed by atoms with Crippen molar-refractivity contribution in [2.24, 2.45) is 0 Å². The number of hydrogen-bond acceptors (Lipinski definition) is 2. The van der Waals surface area contributed by atoms with E-state index in [1.807, 2.05) is 29.7 Å². The van der Waals surface area contributed by atoms with Crippen molar-refractivity contribution in [3.05, 3.63) is 45.4 Å². The van der Waals surface area contributed by atoms with Gasteiger partial charge in [0.15, 0.2) is 0 Å². The third-order valence-electron chi connectivity index (χ3n) is 2.12. The maximum atomic E-state index is 5.91. The predicted molar refractivity (Wildman–Crippen MR) is 63.0 cm³/mol. The van der Waals surface area contributed by atoms with Gasteiger partial charge in [-0.3, -0.25) is 4.57 Å². The van der Waals surface area contributed by atoms with E-state index in [1.54, 1.807) is 0 Å². The molecule has 3 nitrogen and oxygen atoms in total. The summed E-state index contributed by atoms with van der Waals surface area (Å²) in [5.41, 5.74) is 1.16. The second kappa shape index (κ2) is 4.33. The van der Waals surface area contributed by atoms with Crippen molar-refractivity contribution in [2.75, 3.05) is 0 Å². The molecule has 0 aliphatic carbocycles. The summed E-state index contributed by atoms with van der Waals surface area (Å²) < 4.78 is 2.92. The van der Waals surface area contributed by atoms with Crippen LogP contribution in [-0.4, -0.2) is 14.8 Å². The van der Waals surface area contributed by atoms with Crippen LogP contribution >= 0.6 is 27.5 Å². The van der Waals surface area contributed by atoms with Gasteiger partial charge in [-0.15, -0.1) is 10.2 Å². The molecule has 15 heavy (non-hydrogen) atoms. The number of halogens is 2. The van der Waals surface area contributed by atoms with E-state index >= 15 is 0 Å². The van der Waals surface area contributed by atoms with Gasteiger partial charge in [-0.2, -0.15) is 0 Å². The summed E-state index contributed by atoms with van der Waals surface area (Å²) in [6.07, 6.45) is 0. The van der Waals surface area contributed by atoms with Crippen LogP contribution < -0.4 is 0 Å². The van der Waals surface area contributed by atoms with Crippen molar-refractivity contribution in [3.8, 4) is 0 Å². The Labute approximate surface area is 101 Å². The van der Waals surface area contributed by atoms with Gasteiger partial charge < -0.3 is 0 Å². The van der Waals surface area contributed by atoms with Crippen molar-refractivity contribution in [1.29, 1.82) is 0 Å². The van der Waals surface area contributed by atoms with Crippen molar-refractivity contribution in [1.82, 2.24) is 14.8 Å². The summed E-state index contributed by atoms with van der Waals surface area (Å²) in [6.45, 7) is 2.58. The minimum absolute atomic E-state index is 0.424. The third-order valence-corrected chi connectivity index (χ3v) is 2.89. The average molecular weight is 287 g/mol. The van der Waals surface area contributed by atoms with Gasteiger partial charge in [0.1, 0.15) is 5.82 Å². The first-order chi connectivity index (χ1) is 7.16. The third kappa shape index (κ3) is 2.38. The van der Waals surface area contributed by atoms with Gasteiger partial charge in [-0.05, 0) is 36.2 Å². The van der Waals surface area contributed by atoms with E-state index in [2.05, 4.69) is 32.2 Å². The second-order valence-electron chi connectivity index (χ2n) is 3.23. The highest BCUT2D eigenvalue weighted by atomic mass is 79.9. The van der Waals surface area contributed by atoms with Crippen LogP contribution in [0.2, 0.25) is 5.28 Å². The highest BCUT2D eigenvalue weighted by Crippen LogP contribution is 2.15. The minimum Gasteiger partial charge on any atom is -0.298 e. The molecular weight excluding hydrogens is 277 g/mol. The number of aryl methyl sites for hydroxylation is 1. The van der Waals surface area contributed by atoms with Crippen LogP contribution in [0.15, 0.2) is 28.7 Å². The van der Waals surface area contributed by atoms with E-state index in [-0.39, 0.29) is 0 Å². The van der Waals surface area contributed by atoms with Crippen molar-refractivity contribution in [3.63, 3.8) is 0 Å². The Morgan fingerprint density at radius 1 is 1.40 bits per heavy atom. The normalized spacial score (nSPS) is 10.6. The molecule has 1 aromatic carbocycles. The lowest BCUT2D eigenvalue weighted by Crippen LogP contribution is -2.02. The summed E-state index contributed by atoms with van der Waals surface area (Å²) >= 11 is 9.34. The zero-order valence-corrected chi connectivity index (χ0v) is 10.5. The molecule has 0 aliphatic rings. The average Bonchev–Trinajstić information content (AvgIpc) is 2.50. The maximum absolute atomic E-state index is 5.91. The molecule has 0 radical (unpaired) electrons.